The first kappa shape index (κ1) is 10.8. The van der Waals surface area contributed by atoms with E-state index in [1.165, 1.54) is 0 Å². The van der Waals surface area contributed by atoms with Crippen molar-refractivity contribution in [3.05, 3.63) is 18.2 Å². The van der Waals surface area contributed by atoms with E-state index in [9.17, 15) is 0 Å². The quantitative estimate of drug-likeness (QED) is 0.749. The summed E-state index contributed by atoms with van der Waals surface area (Å²) < 4.78 is 10.3. The maximum atomic E-state index is 5.21. The van der Waals surface area contributed by atoms with Gasteiger partial charge in [-0.15, -0.1) is 0 Å². The summed E-state index contributed by atoms with van der Waals surface area (Å²) in [7, 11) is 3.54. The number of benzene rings is 1. The van der Waals surface area contributed by atoms with Crippen LogP contribution in [0.3, 0.4) is 0 Å². The molecular formula is C11H15N3O2. The smallest absolute Gasteiger partial charge is 0.177 e. The van der Waals surface area contributed by atoms with E-state index < -0.39 is 0 Å². The molecule has 0 amide bonds. The van der Waals surface area contributed by atoms with Crippen LogP contribution >= 0.6 is 0 Å². The molecule has 86 valence electrons. The number of fused-ring (bicyclic) bond motifs is 1. The average molecular weight is 221 g/mol. The third-order valence-electron chi connectivity index (χ3n) is 2.35. The molecule has 5 heteroatoms. The van der Waals surface area contributed by atoms with Crippen molar-refractivity contribution in [1.82, 2.24) is 10.5 Å². The lowest BCUT2D eigenvalue weighted by molar-refractivity contribution is 0.412. The summed E-state index contributed by atoms with van der Waals surface area (Å²) in [5.74, 6) is 1.54. The number of anilines is 1. The number of likely N-dealkylation sites (N-methyl/N-ethyl adjacent to an activating group) is 1. The molecule has 2 aromatic rings. The summed E-state index contributed by atoms with van der Waals surface area (Å²) in [5.41, 5.74) is 0.728. The monoisotopic (exact) mass is 221 g/mol. The first-order valence-corrected chi connectivity index (χ1v) is 5.17. The lowest BCUT2D eigenvalue weighted by Crippen LogP contribution is -2.17. The topological polar surface area (TPSA) is 59.3 Å². The molecule has 0 fully saturated rings. The van der Waals surface area contributed by atoms with Gasteiger partial charge in [-0.1, -0.05) is 5.16 Å². The SMILES string of the molecule is CNCCNc1noc2cc(OC)ccc12. The van der Waals surface area contributed by atoms with E-state index in [0.717, 1.165) is 35.6 Å². The lowest BCUT2D eigenvalue weighted by atomic mass is 10.2. The number of rotatable bonds is 5. The molecule has 0 atom stereocenters. The van der Waals surface area contributed by atoms with Crippen LogP contribution in [0.1, 0.15) is 0 Å². The summed E-state index contributed by atoms with van der Waals surface area (Å²) in [6.45, 7) is 1.69. The van der Waals surface area contributed by atoms with Crippen molar-refractivity contribution in [2.24, 2.45) is 0 Å². The van der Waals surface area contributed by atoms with E-state index in [1.54, 1.807) is 7.11 Å². The predicted molar refractivity (Wildman–Crippen MR) is 63.0 cm³/mol. The molecule has 2 rings (SSSR count). The summed E-state index contributed by atoms with van der Waals surface area (Å²) in [6.07, 6.45) is 0. The van der Waals surface area contributed by atoms with Crippen LogP contribution in [0.4, 0.5) is 5.82 Å². The fourth-order valence-corrected chi connectivity index (χ4v) is 1.48. The third-order valence-corrected chi connectivity index (χ3v) is 2.35. The first-order chi connectivity index (χ1) is 7.85. The molecule has 0 spiro atoms. The van der Waals surface area contributed by atoms with E-state index in [4.69, 9.17) is 9.26 Å². The summed E-state index contributed by atoms with van der Waals surface area (Å²) in [4.78, 5) is 0. The van der Waals surface area contributed by atoms with Crippen molar-refractivity contribution in [1.29, 1.82) is 0 Å². The first-order valence-electron chi connectivity index (χ1n) is 5.17. The van der Waals surface area contributed by atoms with Crippen molar-refractivity contribution in [2.75, 3.05) is 32.6 Å². The number of hydrogen-bond acceptors (Lipinski definition) is 5. The Kier molecular flexibility index (Phi) is 3.26. The van der Waals surface area contributed by atoms with E-state index in [0.29, 0.717) is 0 Å². The minimum absolute atomic E-state index is 0.728. The van der Waals surface area contributed by atoms with Crippen LogP contribution in [0, 0.1) is 0 Å². The molecule has 16 heavy (non-hydrogen) atoms. The van der Waals surface area contributed by atoms with Crippen LogP contribution in [0.15, 0.2) is 22.7 Å². The molecule has 0 aliphatic rings. The minimum Gasteiger partial charge on any atom is -0.497 e. The van der Waals surface area contributed by atoms with Gasteiger partial charge in [0, 0.05) is 19.2 Å². The Morgan fingerprint density at radius 2 is 2.25 bits per heavy atom. The Labute approximate surface area is 93.8 Å². The van der Waals surface area contributed by atoms with Gasteiger partial charge in [-0.05, 0) is 19.2 Å². The standard InChI is InChI=1S/C11H15N3O2/c1-12-5-6-13-11-9-4-3-8(15-2)7-10(9)16-14-11/h3-4,7,12H,5-6H2,1-2H3,(H,13,14). The molecule has 0 aliphatic carbocycles. The van der Waals surface area contributed by atoms with Crippen molar-refractivity contribution in [2.45, 2.75) is 0 Å². The molecule has 1 aromatic heterocycles. The highest BCUT2D eigenvalue weighted by atomic mass is 16.5. The largest absolute Gasteiger partial charge is 0.497 e. The molecular weight excluding hydrogens is 206 g/mol. The number of ether oxygens (including phenoxy) is 1. The van der Waals surface area contributed by atoms with Gasteiger partial charge in [-0.2, -0.15) is 0 Å². The molecule has 0 unspecified atom stereocenters. The van der Waals surface area contributed by atoms with Gasteiger partial charge in [0.1, 0.15) is 5.75 Å². The average Bonchev–Trinajstić information content (AvgIpc) is 2.72. The van der Waals surface area contributed by atoms with Gasteiger partial charge in [-0.25, -0.2) is 0 Å². The number of methoxy groups -OCH3 is 1. The zero-order chi connectivity index (χ0) is 11.4. The highest BCUT2D eigenvalue weighted by Crippen LogP contribution is 2.26. The van der Waals surface area contributed by atoms with Gasteiger partial charge in [-0.3, -0.25) is 0 Å². The highest BCUT2D eigenvalue weighted by molar-refractivity contribution is 5.88. The summed E-state index contributed by atoms with van der Waals surface area (Å²) in [5, 5.41) is 11.2. The van der Waals surface area contributed by atoms with Gasteiger partial charge < -0.3 is 19.9 Å². The fraction of sp³-hybridized carbons (Fsp3) is 0.364. The minimum atomic E-state index is 0.728. The maximum Gasteiger partial charge on any atom is 0.177 e. The van der Waals surface area contributed by atoms with Gasteiger partial charge in [0.2, 0.25) is 0 Å². The van der Waals surface area contributed by atoms with Crippen molar-refractivity contribution >= 4 is 16.8 Å². The summed E-state index contributed by atoms with van der Waals surface area (Å²) >= 11 is 0. The Balaban J connectivity index is 2.20. The van der Waals surface area contributed by atoms with E-state index in [1.807, 2.05) is 25.2 Å². The van der Waals surface area contributed by atoms with E-state index >= 15 is 0 Å². The zero-order valence-corrected chi connectivity index (χ0v) is 9.41. The van der Waals surface area contributed by atoms with Crippen molar-refractivity contribution in [3.8, 4) is 5.75 Å². The molecule has 0 saturated carbocycles. The Bertz CT molecular complexity index is 467. The Morgan fingerprint density at radius 3 is 3.00 bits per heavy atom. The van der Waals surface area contributed by atoms with Gasteiger partial charge in [0.25, 0.3) is 0 Å². The predicted octanol–water partition coefficient (Wildman–Crippen LogP) is 1.47. The zero-order valence-electron chi connectivity index (χ0n) is 9.41. The lowest BCUT2D eigenvalue weighted by Gasteiger charge is -2.01. The van der Waals surface area contributed by atoms with Crippen molar-refractivity contribution in [3.63, 3.8) is 0 Å². The van der Waals surface area contributed by atoms with Crippen LogP contribution in [0.25, 0.3) is 11.0 Å². The second-order valence-electron chi connectivity index (χ2n) is 3.42. The van der Waals surface area contributed by atoms with Crippen LogP contribution in [-0.2, 0) is 0 Å². The van der Waals surface area contributed by atoms with Gasteiger partial charge in [0.05, 0.1) is 12.5 Å². The van der Waals surface area contributed by atoms with E-state index in [2.05, 4.69) is 15.8 Å². The third kappa shape index (κ3) is 2.09. The molecule has 5 nitrogen and oxygen atoms in total. The van der Waals surface area contributed by atoms with Crippen LogP contribution in [0.2, 0.25) is 0 Å². The molecule has 0 radical (unpaired) electrons. The molecule has 1 heterocycles. The highest BCUT2D eigenvalue weighted by Gasteiger charge is 2.07. The van der Waals surface area contributed by atoms with E-state index in [-0.39, 0.29) is 0 Å². The second-order valence-corrected chi connectivity index (χ2v) is 3.42. The number of nitrogens with zero attached hydrogens (tertiary/aromatic N) is 1. The molecule has 0 aliphatic heterocycles. The number of hydrogen-bond donors (Lipinski definition) is 2. The molecule has 1 aromatic carbocycles. The molecule has 0 bridgehead atoms. The number of aromatic nitrogens is 1. The number of nitrogens with one attached hydrogen (secondary N) is 2. The molecule has 2 N–H and O–H groups in total. The molecule has 0 saturated heterocycles. The summed E-state index contributed by atoms with van der Waals surface area (Å²) in [6, 6.07) is 5.65. The Morgan fingerprint density at radius 1 is 1.38 bits per heavy atom. The van der Waals surface area contributed by atoms with Crippen LogP contribution in [0.5, 0.6) is 5.75 Å². The Hall–Kier alpha value is -1.75. The fourth-order valence-electron chi connectivity index (χ4n) is 1.48. The van der Waals surface area contributed by atoms with Crippen LogP contribution < -0.4 is 15.4 Å². The normalized spacial score (nSPS) is 10.6. The van der Waals surface area contributed by atoms with Crippen molar-refractivity contribution < 1.29 is 9.26 Å². The second kappa shape index (κ2) is 4.85. The maximum absolute atomic E-state index is 5.21. The van der Waals surface area contributed by atoms with Gasteiger partial charge in [0.15, 0.2) is 11.4 Å². The van der Waals surface area contributed by atoms with Crippen LogP contribution in [-0.4, -0.2) is 32.4 Å². The van der Waals surface area contributed by atoms with Gasteiger partial charge >= 0.3 is 0 Å².